The third-order valence-electron chi connectivity index (χ3n) is 5.35. The van der Waals surface area contributed by atoms with Crippen LogP contribution in [0.5, 0.6) is 0 Å². The molecule has 2 aromatic rings. The van der Waals surface area contributed by atoms with Gasteiger partial charge in [0.25, 0.3) is 11.8 Å². The number of H-pyrrole nitrogens is 1. The van der Waals surface area contributed by atoms with E-state index in [1.807, 2.05) is 44.2 Å². The van der Waals surface area contributed by atoms with E-state index in [4.69, 9.17) is 0 Å². The van der Waals surface area contributed by atoms with Gasteiger partial charge < -0.3 is 15.6 Å². The number of amides is 2. The number of nitrogens with zero attached hydrogens (tertiary/aromatic N) is 1. The summed E-state index contributed by atoms with van der Waals surface area (Å²) in [6, 6.07) is 5.75. The highest BCUT2D eigenvalue weighted by molar-refractivity contribution is 9.09. The van der Waals surface area contributed by atoms with E-state index >= 15 is 0 Å². The Kier molecular flexibility index (Phi) is 5.72. The van der Waals surface area contributed by atoms with Crippen LogP contribution in [-0.2, 0) is 11.2 Å². The molecule has 2 aliphatic rings. The van der Waals surface area contributed by atoms with E-state index in [0.29, 0.717) is 24.1 Å². The fourth-order valence-corrected chi connectivity index (χ4v) is 4.28. The van der Waals surface area contributed by atoms with Gasteiger partial charge in [-0.05, 0) is 44.0 Å². The van der Waals surface area contributed by atoms with E-state index in [-0.39, 0.29) is 16.6 Å². The number of pyridine rings is 1. The standard InChI is InChI=1S/C23H23BrN4O2/c1-13-20(12-18-17-11-15(24)6-7-19(17)28-22(18)29)27-14(2)21(13)23(30)26-10-8-16-5-3-4-9-25-16/h3-5,7,9,11-12,15,27H,6,8,10H2,1-2H3,(H,26,30)(H,28,29)/b18-12-. The summed E-state index contributed by atoms with van der Waals surface area (Å²) < 4.78 is 0. The highest BCUT2D eigenvalue weighted by Gasteiger charge is 2.30. The third kappa shape index (κ3) is 4.03. The first-order chi connectivity index (χ1) is 14.4. The lowest BCUT2D eigenvalue weighted by Crippen LogP contribution is -2.26. The number of aromatic amines is 1. The number of nitrogens with one attached hydrogen (secondary N) is 3. The summed E-state index contributed by atoms with van der Waals surface area (Å²) in [4.78, 5) is 33.0. The second kappa shape index (κ2) is 8.44. The molecule has 2 amide bonds. The number of hydrogen-bond donors (Lipinski definition) is 3. The Hall–Kier alpha value is -2.93. The van der Waals surface area contributed by atoms with Crippen LogP contribution in [0.25, 0.3) is 6.08 Å². The van der Waals surface area contributed by atoms with Crippen molar-refractivity contribution in [3.8, 4) is 0 Å². The molecule has 3 heterocycles. The van der Waals surface area contributed by atoms with Crippen molar-refractivity contribution in [1.82, 2.24) is 20.6 Å². The number of hydrogen-bond acceptors (Lipinski definition) is 3. The second-order valence-electron chi connectivity index (χ2n) is 7.45. The van der Waals surface area contributed by atoms with Crippen molar-refractivity contribution in [3.05, 3.63) is 81.6 Å². The van der Waals surface area contributed by atoms with Gasteiger partial charge in [0.2, 0.25) is 0 Å². The predicted molar refractivity (Wildman–Crippen MR) is 120 cm³/mol. The Morgan fingerprint density at radius 2 is 2.20 bits per heavy atom. The SMILES string of the molecule is Cc1[nH]c(/C=C2\C(=O)NC3=CCC(Br)C=C32)c(C)c1C(=O)NCCc1ccccn1. The second-order valence-corrected chi connectivity index (χ2v) is 8.63. The molecule has 1 fully saturated rings. The molecule has 4 rings (SSSR count). The van der Waals surface area contributed by atoms with Crippen molar-refractivity contribution in [2.75, 3.05) is 6.54 Å². The Morgan fingerprint density at radius 1 is 1.37 bits per heavy atom. The zero-order chi connectivity index (χ0) is 21.3. The lowest BCUT2D eigenvalue weighted by atomic mass is 9.98. The lowest BCUT2D eigenvalue weighted by Gasteiger charge is -2.11. The molecule has 6 nitrogen and oxygen atoms in total. The average molecular weight is 467 g/mol. The normalized spacial score (nSPS) is 19.2. The Labute approximate surface area is 183 Å². The first-order valence-electron chi connectivity index (χ1n) is 9.91. The fraction of sp³-hybridized carbons (Fsp3) is 0.261. The maximum atomic E-state index is 12.8. The molecule has 0 saturated carbocycles. The van der Waals surface area contributed by atoms with Crippen molar-refractivity contribution >= 4 is 33.8 Å². The topological polar surface area (TPSA) is 86.9 Å². The van der Waals surface area contributed by atoms with Gasteiger partial charge in [-0.15, -0.1) is 0 Å². The zero-order valence-corrected chi connectivity index (χ0v) is 18.5. The first-order valence-corrected chi connectivity index (χ1v) is 10.8. The van der Waals surface area contributed by atoms with Crippen LogP contribution in [0.2, 0.25) is 0 Å². The van der Waals surface area contributed by atoms with Crippen LogP contribution in [0.1, 0.15) is 39.4 Å². The molecular weight excluding hydrogens is 444 g/mol. The molecule has 154 valence electrons. The number of fused-ring (bicyclic) bond motifs is 1. The minimum absolute atomic E-state index is 0.123. The molecule has 0 spiro atoms. The number of aryl methyl sites for hydroxylation is 1. The van der Waals surface area contributed by atoms with Crippen LogP contribution in [0, 0.1) is 13.8 Å². The summed E-state index contributed by atoms with van der Waals surface area (Å²) >= 11 is 3.60. The number of carbonyl (C=O) groups is 2. The fourth-order valence-electron chi connectivity index (χ4n) is 3.83. The summed E-state index contributed by atoms with van der Waals surface area (Å²) in [6.07, 6.45) is 9.17. The molecule has 3 N–H and O–H groups in total. The summed E-state index contributed by atoms with van der Waals surface area (Å²) in [5.41, 5.74) is 6.30. The number of allylic oxidation sites excluding steroid dienone is 3. The van der Waals surface area contributed by atoms with Gasteiger partial charge in [0.1, 0.15) is 0 Å². The van der Waals surface area contributed by atoms with Gasteiger partial charge in [-0.3, -0.25) is 14.6 Å². The number of halogens is 1. The van der Waals surface area contributed by atoms with Gasteiger partial charge in [0, 0.05) is 52.3 Å². The van der Waals surface area contributed by atoms with Crippen molar-refractivity contribution in [3.63, 3.8) is 0 Å². The molecule has 30 heavy (non-hydrogen) atoms. The van der Waals surface area contributed by atoms with Crippen molar-refractivity contribution in [2.45, 2.75) is 31.5 Å². The van der Waals surface area contributed by atoms with Gasteiger partial charge >= 0.3 is 0 Å². The van der Waals surface area contributed by atoms with Crippen LogP contribution in [0.4, 0.5) is 0 Å². The predicted octanol–water partition coefficient (Wildman–Crippen LogP) is 3.49. The Bertz CT molecular complexity index is 1100. The summed E-state index contributed by atoms with van der Waals surface area (Å²) in [5, 5.41) is 5.89. The van der Waals surface area contributed by atoms with E-state index in [1.54, 1.807) is 6.20 Å². The molecule has 0 aromatic carbocycles. The van der Waals surface area contributed by atoms with Gasteiger partial charge in [0.15, 0.2) is 0 Å². The Morgan fingerprint density at radius 3 is 2.97 bits per heavy atom. The number of rotatable bonds is 5. The van der Waals surface area contributed by atoms with Gasteiger partial charge in [-0.1, -0.05) is 34.1 Å². The Balaban J connectivity index is 1.53. The van der Waals surface area contributed by atoms with Gasteiger partial charge in [0.05, 0.1) is 11.1 Å². The van der Waals surface area contributed by atoms with Crippen LogP contribution in [-0.4, -0.2) is 33.2 Å². The van der Waals surface area contributed by atoms with E-state index in [0.717, 1.165) is 40.3 Å². The molecular formula is C23H23BrN4O2. The summed E-state index contributed by atoms with van der Waals surface area (Å²) in [6.45, 7) is 4.28. The quantitative estimate of drug-likeness (QED) is 0.465. The van der Waals surface area contributed by atoms with Crippen LogP contribution < -0.4 is 10.6 Å². The number of aromatic nitrogens is 2. The van der Waals surface area contributed by atoms with Crippen LogP contribution in [0.15, 0.2) is 53.4 Å². The molecule has 1 unspecified atom stereocenters. The molecule has 1 aliphatic carbocycles. The minimum Gasteiger partial charge on any atom is -0.358 e. The third-order valence-corrected chi connectivity index (χ3v) is 5.99. The van der Waals surface area contributed by atoms with E-state index in [9.17, 15) is 9.59 Å². The highest BCUT2D eigenvalue weighted by Crippen LogP contribution is 2.33. The van der Waals surface area contributed by atoms with Gasteiger partial charge in [-0.2, -0.15) is 0 Å². The molecule has 1 saturated heterocycles. The maximum absolute atomic E-state index is 12.8. The van der Waals surface area contributed by atoms with Crippen molar-refractivity contribution in [1.29, 1.82) is 0 Å². The lowest BCUT2D eigenvalue weighted by molar-refractivity contribution is -0.115. The maximum Gasteiger partial charge on any atom is 0.256 e. The molecule has 0 bridgehead atoms. The summed E-state index contributed by atoms with van der Waals surface area (Å²) in [7, 11) is 0. The first kappa shape index (κ1) is 20.3. The molecule has 7 heteroatoms. The van der Waals surface area contributed by atoms with E-state index in [1.165, 1.54) is 0 Å². The van der Waals surface area contributed by atoms with Crippen molar-refractivity contribution in [2.24, 2.45) is 0 Å². The minimum atomic E-state index is -0.129. The van der Waals surface area contributed by atoms with Gasteiger partial charge in [-0.25, -0.2) is 0 Å². The van der Waals surface area contributed by atoms with Crippen LogP contribution in [0.3, 0.4) is 0 Å². The van der Waals surface area contributed by atoms with E-state index < -0.39 is 0 Å². The molecule has 1 aliphatic heterocycles. The van der Waals surface area contributed by atoms with Crippen molar-refractivity contribution < 1.29 is 9.59 Å². The zero-order valence-electron chi connectivity index (χ0n) is 16.9. The van der Waals surface area contributed by atoms with E-state index in [2.05, 4.69) is 42.6 Å². The molecule has 1 atom stereocenters. The summed E-state index contributed by atoms with van der Waals surface area (Å²) in [5.74, 6) is -0.252. The smallest absolute Gasteiger partial charge is 0.256 e. The monoisotopic (exact) mass is 466 g/mol. The average Bonchev–Trinajstić information content (AvgIpc) is 3.18. The largest absolute Gasteiger partial charge is 0.358 e. The number of alkyl halides is 1. The highest BCUT2D eigenvalue weighted by atomic mass is 79.9. The van der Waals surface area contributed by atoms with Crippen LogP contribution >= 0.6 is 15.9 Å². The molecule has 2 aromatic heterocycles. The molecule has 0 radical (unpaired) electrons. The number of carbonyl (C=O) groups excluding carboxylic acids is 2.